The molecule has 0 spiro atoms. The number of hydrogen-bond acceptors (Lipinski definition) is 5. The Hall–Kier alpha value is -1.22. The van der Waals surface area contributed by atoms with Gasteiger partial charge in [0.05, 0.1) is 16.4 Å². The molecule has 0 atom stereocenters. The SMILES string of the molecule is Cc1cc(Cl)c([N+](=O)[O-])cc1S(=O)(=O)N1CCCOCC1. The van der Waals surface area contributed by atoms with Crippen molar-refractivity contribution in [1.82, 2.24) is 4.31 Å². The minimum Gasteiger partial charge on any atom is -0.380 e. The summed E-state index contributed by atoms with van der Waals surface area (Å²) in [6.45, 7) is 2.95. The van der Waals surface area contributed by atoms with Crippen molar-refractivity contribution < 1.29 is 18.1 Å². The molecule has 1 heterocycles. The molecular formula is C12H15ClN2O5S. The molecule has 1 aromatic carbocycles. The molecule has 0 aromatic heterocycles. The van der Waals surface area contributed by atoms with Gasteiger partial charge in [-0.15, -0.1) is 0 Å². The monoisotopic (exact) mass is 334 g/mol. The standard InChI is InChI=1S/C12H15ClN2O5S/c1-9-7-10(13)11(15(16)17)8-12(9)21(18,19)14-3-2-5-20-6-4-14/h7-8H,2-6H2,1H3. The molecule has 0 N–H and O–H groups in total. The summed E-state index contributed by atoms with van der Waals surface area (Å²) in [5.74, 6) is 0. The average molecular weight is 335 g/mol. The van der Waals surface area contributed by atoms with Crippen LogP contribution in [0.1, 0.15) is 12.0 Å². The number of ether oxygens (including phenoxy) is 1. The van der Waals surface area contributed by atoms with Gasteiger partial charge in [0.2, 0.25) is 10.0 Å². The molecule has 21 heavy (non-hydrogen) atoms. The molecule has 0 bridgehead atoms. The van der Waals surface area contributed by atoms with Crippen LogP contribution in [0.5, 0.6) is 0 Å². The zero-order valence-electron chi connectivity index (χ0n) is 11.4. The van der Waals surface area contributed by atoms with Crippen molar-refractivity contribution >= 4 is 27.3 Å². The number of nitro groups is 1. The predicted molar refractivity (Wildman–Crippen MR) is 77.0 cm³/mol. The van der Waals surface area contributed by atoms with Gasteiger partial charge in [0.1, 0.15) is 5.02 Å². The van der Waals surface area contributed by atoms with Crippen molar-refractivity contribution in [1.29, 1.82) is 0 Å². The topological polar surface area (TPSA) is 89.8 Å². The number of nitro benzene ring substituents is 1. The van der Waals surface area contributed by atoms with Crippen LogP contribution in [0.2, 0.25) is 5.02 Å². The van der Waals surface area contributed by atoms with Crippen LogP contribution >= 0.6 is 11.6 Å². The molecule has 0 unspecified atom stereocenters. The van der Waals surface area contributed by atoms with Crippen molar-refractivity contribution in [3.63, 3.8) is 0 Å². The molecule has 1 fully saturated rings. The van der Waals surface area contributed by atoms with Gasteiger partial charge < -0.3 is 4.74 Å². The molecule has 0 radical (unpaired) electrons. The lowest BCUT2D eigenvalue weighted by Gasteiger charge is -2.20. The first-order valence-corrected chi connectivity index (χ1v) is 8.18. The normalized spacial score (nSPS) is 17.4. The van der Waals surface area contributed by atoms with Gasteiger partial charge in [0.15, 0.2) is 0 Å². The van der Waals surface area contributed by atoms with E-state index in [1.54, 1.807) is 6.92 Å². The van der Waals surface area contributed by atoms with E-state index in [-0.39, 0.29) is 16.5 Å². The van der Waals surface area contributed by atoms with Crippen molar-refractivity contribution in [2.24, 2.45) is 0 Å². The number of aryl methyl sites for hydroxylation is 1. The maximum atomic E-state index is 12.7. The van der Waals surface area contributed by atoms with E-state index < -0.39 is 20.6 Å². The molecule has 0 saturated carbocycles. The minimum atomic E-state index is -3.80. The third-order valence-corrected chi connectivity index (χ3v) is 5.58. The molecule has 7 nitrogen and oxygen atoms in total. The molecule has 1 aromatic rings. The Labute approximate surface area is 127 Å². The Morgan fingerprint density at radius 3 is 2.71 bits per heavy atom. The second-order valence-electron chi connectivity index (χ2n) is 4.70. The third-order valence-electron chi connectivity index (χ3n) is 3.24. The first-order valence-electron chi connectivity index (χ1n) is 6.36. The van der Waals surface area contributed by atoms with Crippen LogP contribution in [0.25, 0.3) is 0 Å². The number of rotatable bonds is 3. The molecule has 0 aliphatic carbocycles. The van der Waals surface area contributed by atoms with Crippen molar-refractivity contribution in [3.05, 3.63) is 32.8 Å². The highest BCUT2D eigenvalue weighted by atomic mass is 35.5. The van der Waals surface area contributed by atoms with Gasteiger partial charge in [-0.05, 0) is 25.0 Å². The van der Waals surface area contributed by atoms with Gasteiger partial charge in [-0.25, -0.2) is 8.42 Å². The van der Waals surface area contributed by atoms with E-state index in [2.05, 4.69) is 0 Å². The molecule has 116 valence electrons. The number of sulfonamides is 1. The number of benzene rings is 1. The highest BCUT2D eigenvalue weighted by Gasteiger charge is 2.29. The highest BCUT2D eigenvalue weighted by molar-refractivity contribution is 7.89. The molecule has 9 heteroatoms. The summed E-state index contributed by atoms with van der Waals surface area (Å²) in [7, 11) is -3.80. The van der Waals surface area contributed by atoms with Gasteiger partial charge >= 0.3 is 0 Å². The fraction of sp³-hybridized carbons (Fsp3) is 0.500. The van der Waals surface area contributed by atoms with Gasteiger partial charge in [-0.3, -0.25) is 10.1 Å². The number of halogens is 1. The summed E-state index contributed by atoms with van der Waals surface area (Å²) in [6, 6.07) is 2.33. The lowest BCUT2D eigenvalue weighted by Crippen LogP contribution is -2.33. The smallest absolute Gasteiger partial charge is 0.289 e. The first-order chi connectivity index (χ1) is 9.84. The second-order valence-corrected chi connectivity index (χ2v) is 7.01. The zero-order chi connectivity index (χ0) is 15.6. The number of nitrogens with zero attached hydrogens (tertiary/aromatic N) is 2. The highest BCUT2D eigenvalue weighted by Crippen LogP contribution is 2.31. The maximum Gasteiger partial charge on any atom is 0.289 e. The van der Waals surface area contributed by atoms with E-state index in [4.69, 9.17) is 16.3 Å². The summed E-state index contributed by atoms with van der Waals surface area (Å²) in [5, 5.41) is 10.9. The van der Waals surface area contributed by atoms with Crippen LogP contribution < -0.4 is 0 Å². The Bertz CT molecular complexity index is 654. The molecular weight excluding hydrogens is 320 g/mol. The summed E-state index contributed by atoms with van der Waals surface area (Å²) in [6.07, 6.45) is 0.591. The lowest BCUT2D eigenvalue weighted by molar-refractivity contribution is -0.384. The van der Waals surface area contributed by atoms with Crippen LogP contribution in [0.3, 0.4) is 0 Å². The molecule has 1 saturated heterocycles. The van der Waals surface area contributed by atoms with E-state index in [0.717, 1.165) is 6.07 Å². The van der Waals surface area contributed by atoms with Crippen LogP contribution in [0.4, 0.5) is 5.69 Å². The van der Waals surface area contributed by atoms with Gasteiger partial charge in [0.25, 0.3) is 5.69 Å². The predicted octanol–water partition coefficient (Wildman–Crippen LogP) is 1.97. The molecule has 1 aliphatic rings. The Morgan fingerprint density at radius 1 is 1.33 bits per heavy atom. The van der Waals surface area contributed by atoms with Crippen molar-refractivity contribution in [2.75, 3.05) is 26.3 Å². The summed E-state index contributed by atoms with van der Waals surface area (Å²) in [4.78, 5) is 10.2. The van der Waals surface area contributed by atoms with Crippen LogP contribution in [-0.4, -0.2) is 43.9 Å². The Morgan fingerprint density at radius 2 is 2.05 bits per heavy atom. The Kier molecular flexibility index (Phi) is 4.82. The zero-order valence-corrected chi connectivity index (χ0v) is 13.0. The molecule has 0 amide bonds. The van der Waals surface area contributed by atoms with E-state index in [9.17, 15) is 18.5 Å². The van der Waals surface area contributed by atoms with Crippen LogP contribution in [0, 0.1) is 17.0 Å². The molecule has 2 rings (SSSR count). The summed E-state index contributed by atoms with van der Waals surface area (Å²) >= 11 is 5.79. The summed E-state index contributed by atoms with van der Waals surface area (Å²) < 4.78 is 31.8. The van der Waals surface area contributed by atoms with Crippen molar-refractivity contribution in [2.45, 2.75) is 18.2 Å². The van der Waals surface area contributed by atoms with E-state index in [0.29, 0.717) is 31.7 Å². The maximum absolute atomic E-state index is 12.7. The van der Waals surface area contributed by atoms with E-state index in [1.807, 2.05) is 0 Å². The number of hydrogen-bond donors (Lipinski definition) is 0. The third kappa shape index (κ3) is 3.34. The van der Waals surface area contributed by atoms with Gasteiger partial charge in [0, 0.05) is 25.8 Å². The fourth-order valence-electron chi connectivity index (χ4n) is 2.16. The van der Waals surface area contributed by atoms with Crippen LogP contribution in [-0.2, 0) is 14.8 Å². The van der Waals surface area contributed by atoms with E-state index >= 15 is 0 Å². The summed E-state index contributed by atoms with van der Waals surface area (Å²) in [5.41, 5.74) is -0.0253. The average Bonchev–Trinajstić information content (AvgIpc) is 2.67. The minimum absolute atomic E-state index is 0.0735. The second kappa shape index (κ2) is 6.27. The Balaban J connectivity index is 2.48. The fourth-order valence-corrected chi connectivity index (χ4v) is 4.14. The van der Waals surface area contributed by atoms with E-state index in [1.165, 1.54) is 10.4 Å². The quantitative estimate of drug-likeness (QED) is 0.622. The van der Waals surface area contributed by atoms with Gasteiger partial charge in [-0.1, -0.05) is 11.6 Å². The largest absolute Gasteiger partial charge is 0.380 e. The first kappa shape index (κ1) is 16.2. The lowest BCUT2D eigenvalue weighted by atomic mass is 10.2. The van der Waals surface area contributed by atoms with Crippen molar-refractivity contribution in [3.8, 4) is 0 Å². The molecule has 1 aliphatic heterocycles. The van der Waals surface area contributed by atoms with Crippen LogP contribution in [0.15, 0.2) is 17.0 Å². The van der Waals surface area contributed by atoms with Gasteiger partial charge in [-0.2, -0.15) is 4.31 Å².